The number of nitrogens with one attached hydrogen (secondary N) is 1. The molecule has 0 saturated heterocycles. The van der Waals surface area contributed by atoms with Gasteiger partial charge in [-0.15, -0.1) is 10.7 Å². The van der Waals surface area contributed by atoms with Gasteiger partial charge in [-0.3, -0.25) is 4.79 Å². The summed E-state index contributed by atoms with van der Waals surface area (Å²) in [5.41, 5.74) is 3.46. The summed E-state index contributed by atoms with van der Waals surface area (Å²) in [6.45, 7) is 1.31. The van der Waals surface area contributed by atoms with Crippen LogP contribution in [-0.4, -0.2) is 22.4 Å². The van der Waals surface area contributed by atoms with E-state index in [2.05, 4.69) is 16.7 Å². The van der Waals surface area contributed by atoms with Crippen molar-refractivity contribution in [2.24, 2.45) is 11.1 Å². The third-order valence-electron chi connectivity index (χ3n) is 3.38. The van der Waals surface area contributed by atoms with E-state index in [1.54, 1.807) is 6.08 Å². The first kappa shape index (κ1) is 32.2. The molecule has 145 valence electrons. The zero-order chi connectivity index (χ0) is 18.1. The number of carbonyl (C=O) groups excluding carboxylic acids is 1. The molecule has 0 aromatic rings. The van der Waals surface area contributed by atoms with Crippen LogP contribution in [-0.2, 0) is 9.53 Å². The zero-order valence-electron chi connectivity index (χ0n) is 14.5. The van der Waals surface area contributed by atoms with Crippen LogP contribution in [0, 0.1) is 59.5 Å². The molecule has 1 saturated carbocycles. The van der Waals surface area contributed by atoms with Crippen molar-refractivity contribution in [1.29, 1.82) is 5.59 Å². The molecule has 11 heteroatoms. The second-order valence-electron chi connectivity index (χ2n) is 5.11. The van der Waals surface area contributed by atoms with Crippen molar-refractivity contribution in [3.63, 3.8) is 0 Å². The number of hydrogen-bond acceptors (Lipinski definition) is 9. The van der Waals surface area contributed by atoms with Gasteiger partial charge in [-0.2, -0.15) is 4.91 Å². The molecule has 1 radical (unpaired) electrons. The minimum atomic E-state index is -1.04. The summed E-state index contributed by atoms with van der Waals surface area (Å²) in [6, 6.07) is 0. The molecule has 6 N–H and O–H groups in total. The van der Waals surface area contributed by atoms with Gasteiger partial charge in [0.2, 0.25) is 5.72 Å². The maximum atomic E-state index is 10.7. The predicted molar refractivity (Wildman–Crippen MR) is 85.6 cm³/mol. The van der Waals surface area contributed by atoms with Crippen LogP contribution in [0.4, 0.5) is 0 Å². The van der Waals surface area contributed by atoms with Crippen molar-refractivity contribution < 1.29 is 69.4 Å². The molecule has 2 rings (SSSR count). The smallest absolute Gasteiger partial charge is 0.304 e. The number of allylic oxidation sites excluding steroid dienone is 2. The number of rotatable bonds is 2. The summed E-state index contributed by atoms with van der Waals surface area (Å²) in [6.07, 6.45) is 10.0. The van der Waals surface area contributed by atoms with E-state index < -0.39 is 11.7 Å². The molecular formula is C14H28AcN3O7-. The van der Waals surface area contributed by atoms with Crippen molar-refractivity contribution in [3.8, 4) is 0 Å². The van der Waals surface area contributed by atoms with E-state index in [1.165, 1.54) is 13.3 Å². The average molecular weight is 577 g/mol. The molecule has 0 aromatic carbocycles. The molecule has 0 unspecified atom stereocenters. The number of ether oxygens (including phenoxy) is 1. The molecule has 10 nitrogen and oxygen atoms in total. The summed E-state index contributed by atoms with van der Waals surface area (Å²) in [4.78, 5) is 28.6. The predicted octanol–water partition coefficient (Wildman–Crippen LogP) is 1.62. The van der Waals surface area contributed by atoms with Crippen molar-refractivity contribution >= 4 is 5.97 Å². The standard InChI is InChI=1S/C8H13NO3.C6H10O.Ac.H3NO.HNO.H2O/c1-7(10)12-8(9-11)5-3-2-4-6-8;7-6-4-2-1-3-5-6;;2*1-2;/h2-6H2,1H3;4,7H,1-3,5H2;;2H,1H2;1H;1H2/p-1. The average Bonchev–Trinajstić information content (AvgIpc) is 2.60. The maximum absolute atomic E-state index is 10.7. The second kappa shape index (κ2) is 21.6. The molecule has 0 bridgehead atoms. The van der Waals surface area contributed by atoms with Gasteiger partial charge in [0.25, 0.3) is 0 Å². The Morgan fingerprint density at radius 2 is 1.76 bits per heavy atom. The molecule has 0 aromatic heterocycles. The minimum absolute atomic E-state index is 0. The summed E-state index contributed by atoms with van der Waals surface area (Å²) in [5.74, 6) is 3.42. The van der Waals surface area contributed by atoms with E-state index in [1.807, 2.05) is 0 Å². The van der Waals surface area contributed by atoms with E-state index in [0.717, 1.165) is 38.5 Å². The third-order valence-corrected chi connectivity index (χ3v) is 3.38. The molecule has 25 heavy (non-hydrogen) atoms. The van der Waals surface area contributed by atoms with Crippen LogP contribution < -0.4 is 11.0 Å². The quantitative estimate of drug-likeness (QED) is 0.252. The molecule has 2 aliphatic carbocycles. The Hall–Kier alpha value is -0.468. The van der Waals surface area contributed by atoms with Gasteiger partial charge in [-0.05, 0) is 37.3 Å². The molecule has 0 atom stereocenters. The van der Waals surface area contributed by atoms with Gasteiger partial charge in [-0.25, -0.2) is 5.90 Å². The number of hydrogen-bond donors (Lipinski definition) is 3. The van der Waals surface area contributed by atoms with Gasteiger partial charge in [0.1, 0.15) is 0 Å². The van der Waals surface area contributed by atoms with Crippen molar-refractivity contribution in [1.82, 2.24) is 0 Å². The fourth-order valence-electron chi connectivity index (χ4n) is 2.39. The fourth-order valence-corrected chi connectivity index (χ4v) is 2.39. The zero-order valence-corrected chi connectivity index (χ0v) is 19.3. The summed E-state index contributed by atoms with van der Waals surface area (Å²) < 4.78 is 4.91. The van der Waals surface area contributed by atoms with E-state index in [-0.39, 0.29) is 49.5 Å². The van der Waals surface area contributed by atoms with E-state index in [9.17, 15) is 14.8 Å². The van der Waals surface area contributed by atoms with Crippen LogP contribution in [0.2, 0.25) is 0 Å². The third kappa shape index (κ3) is 16.7. The topological polar surface area (TPSA) is 197 Å². The summed E-state index contributed by atoms with van der Waals surface area (Å²) in [7, 11) is 0. The maximum Gasteiger partial charge on any atom is 0.304 e. The van der Waals surface area contributed by atoms with Crippen LogP contribution in [0.15, 0.2) is 17.0 Å². The molecule has 1 fully saturated rings. The van der Waals surface area contributed by atoms with Crippen LogP contribution in [0.25, 0.3) is 0 Å². The Morgan fingerprint density at radius 1 is 1.24 bits per heavy atom. The van der Waals surface area contributed by atoms with E-state index in [4.69, 9.17) is 14.9 Å². The van der Waals surface area contributed by atoms with Crippen molar-refractivity contribution in [3.05, 3.63) is 21.6 Å². The Labute approximate surface area is 183 Å². The molecule has 0 amide bonds. The first-order valence-corrected chi connectivity index (χ1v) is 7.44. The SMILES string of the molecule is CC(=O)OC1(N=O)CCCCC1.N=O.NO.O.[Ac].[O-]C1=CCCCC1. The second-order valence-corrected chi connectivity index (χ2v) is 5.11. The summed E-state index contributed by atoms with van der Waals surface area (Å²) >= 11 is 0. The summed E-state index contributed by atoms with van der Waals surface area (Å²) in [5, 5.41) is 19.8. The van der Waals surface area contributed by atoms with Crippen LogP contribution in [0.1, 0.15) is 64.7 Å². The molecule has 2 aliphatic rings. The number of nitrogens with two attached hydrogens (primary N) is 1. The fraction of sp³-hybridized carbons (Fsp3) is 0.786. The Morgan fingerprint density at radius 3 is 2.04 bits per heavy atom. The van der Waals surface area contributed by atoms with E-state index >= 15 is 0 Å². The number of carbonyl (C=O) groups is 1. The molecule has 0 heterocycles. The van der Waals surface area contributed by atoms with Gasteiger partial charge in [0, 0.05) is 63.8 Å². The first-order valence-electron chi connectivity index (χ1n) is 7.44. The Bertz CT molecular complexity index is 364. The minimum Gasteiger partial charge on any atom is -0.876 e. The number of nitroso groups, excluding NO2 is 2. The molecule has 0 spiro atoms. The van der Waals surface area contributed by atoms with Crippen molar-refractivity contribution in [2.45, 2.75) is 70.4 Å². The largest absolute Gasteiger partial charge is 0.876 e. The first-order chi connectivity index (χ1) is 11.1. The van der Waals surface area contributed by atoms with Gasteiger partial charge in [0.05, 0.1) is 0 Å². The van der Waals surface area contributed by atoms with Crippen LogP contribution in [0.5, 0.6) is 0 Å². The van der Waals surface area contributed by atoms with Crippen LogP contribution >= 0.6 is 0 Å². The van der Waals surface area contributed by atoms with Gasteiger partial charge in [-0.1, -0.05) is 24.5 Å². The van der Waals surface area contributed by atoms with Gasteiger partial charge < -0.3 is 20.5 Å². The normalized spacial score (nSPS) is 16.7. The number of nitrogens with zero attached hydrogens (tertiary/aromatic N) is 1. The van der Waals surface area contributed by atoms with Gasteiger partial charge in [0.15, 0.2) is 0 Å². The number of esters is 1. The van der Waals surface area contributed by atoms with Gasteiger partial charge >= 0.3 is 5.97 Å². The molecule has 0 aliphatic heterocycles. The van der Waals surface area contributed by atoms with Crippen LogP contribution in [0.3, 0.4) is 0 Å². The Kier molecular flexibility index (Phi) is 27.8. The Balaban J connectivity index is -0.000000147. The van der Waals surface area contributed by atoms with Crippen molar-refractivity contribution in [2.75, 3.05) is 0 Å². The van der Waals surface area contributed by atoms with E-state index in [0.29, 0.717) is 18.6 Å². The molecular weight excluding hydrogens is 549 g/mol. The monoisotopic (exact) mass is 577 g/mol.